The topological polar surface area (TPSA) is 121 Å². The molecule has 1 aromatic heterocycles. The predicted molar refractivity (Wildman–Crippen MR) is 114 cm³/mol. The molecule has 1 saturated heterocycles. The third-order valence-electron chi connectivity index (χ3n) is 6.31. The predicted octanol–water partition coefficient (Wildman–Crippen LogP) is 2.69. The maximum atomic E-state index is 13.4. The smallest absolute Gasteiger partial charge is 0.295 e. The van der Waals surface area contributed by atoms with Gasteiger partial charge in [-0.05, 0) is 50.2 Å². The molecule has 0 bridgehead atoms. The van der Waals surface area contributed by atoms with Gasteiger partial charge >= 0.3 is 0 Å². The van der Waals surface area contributed by atoms with E-state index in [9.17, 15) is 27.0 Å². The molecule has 0 atom stereocenters. The minimum Gasteiger partial charge on any atom is -0.356 e. The third-order valence-corrected chi connectivity index (χ3v) is 7.21. The van der Waals surface area contributed by atoms with Crippen LogP contribution in [0.4, 0.5) is 4.39 Å². The van der Waals surface area contributed by atoms with E-state index in [0.717, 1.165) is 34.9 Å². The van der Waals surface area contributed by atoms with Gasteiger partial charge in [-0.15, -0.1) is 0 Å². The van der Waals surface area contributed by atoms with Crippen LogP contribution in [0.15, 0.2) is 45.8 Å². The molecule has 9 nitrogen and oxygen atoms in total. The molecule has 2 aromatic carbocycles. The summed E-state index contributed by atoms with van der Waals surface area (Å²) in [5.41, 5.74) is 0.922. The first-order valence-electron chi connectivity index (χ1n) is 10.5. The van der Waals surface area contributed by atoms with Crippen molar-refractivity contribution in [3.63, 3.8) is 0 Å². The van der Waals surface area contributed by atoms with Crippen molar-refractivity contribution in [3.8, 4) is 0 Å². The zero-order valence-electron chi connectivity index (χ0n) is 17.4. The number of piperidine rings is 1. The van der Waals surface area contributed by atoms with Gasteiger partial charge in [0, 0.05) is 30.5 Å². The van der Waals surface area contributed by atoms with E-state index in [1.807, 2.05) is 0 Å². The summed E-state index contributed by atoms with van der Waals surface area (Å²) in [6.45, 7) is 1.96. The molecule has 2 aliphatic rings. The van der Waals surface area contributed by atoms with Crippen LogP contribution in [-0.4, -0.2) is 65.9 Å². The number of imide groups is 1. The van der Waals surface area contributed by atoms with Crippen LogP contribution in [0.25, 0.3) is 11.0 Å². The first-order chi connectivity index (χ1) is 15.7. The van der Waals surface area contributed by atoms with Gasteiger partial charge in [0.15, 0.2) is 5.58 Å². The van der Waals surface area contributed by atoms with Gasteiger partial charge in [0.2, 0.25) is 0 Å². The minimum absolute atomic E-state index is 0.0248. The molecule has 172 valence electrons. The molecule has 0 unspecified atom stereocenters. The summed E-state index contributed by atoms with van der Waals surface area (Å²) in [5.74, 6) is -1.52. The van der Waals surface area contributed by atoms with E-state index >= 15 is 0 Å². The molecule has 1 N–H and O–H groups in total. The highest BCUT2D eigenvalue weighted by atomic mass is 32.2. The van der Waals surface area contributed by atoms with E-state index in [1.54, 1.807) is 6.07 Å². The summed E-state index contributed by atoms with van der Waals surface area (Å²) in [6.07, 6.45) is 1.57. The SMILES string of the molecule is O=C1c2cccc(S(=O)(=O)O)c2C(=O)N1CCN1CCC(c2noc3cc(F)ccc23)CC1. The number of nitrogens with zero attached hydrogens (tertiary/aromatic N) is 3. The fourth-order valence-corrected chi connectivity index (χ4v) is 5.32. The van der Waals surface area contributed by atoms with Crippen molar-refractivity contribution in [1.82, 2.24) is 15.0 Å². The van der Waals surface area contributed by atoms with Gasteiger partial charge in [0.1, 0.15) is 10.7 Å². The lowest BCUT2D eigenvalue weighted by molar-refractivity contribution is 0.0628. The lowest BCUT2D eigenvalue weighted by atomic mass is 9.91. The second-order valence-electron chi connectivity index (χ2n) is 8.24. The Bertz CT molecular complexity index is 1380. The van der Waals surface area contributed by atoms with Gasteiger partial charge in [-0.3, -0.25) is 19.0 Å². The number of amides is 2. The maximum absolute atomic E-state index is 13.4. The van der Waals surface area contributed by atoms with Gasteiger partial charge in [-0.2, -0.15) is 8.42 Å². The number of aromatic nitrogens is 1. The first kappa shape index (κ1) is 21.7. The van der Waals surface area contributed by atoms with Crippen LogP contribution in [0.5, 0.6) is 0 Å². The number of hydrogen-bond acceptors (Lipinski definition) is 7. The molecule has 3 heterocycles. The minimum atomic E-state index is -4.63. The van der Waals surface area contributed by atoms with Gasteiger partial charge < -0.3 is 9.42 Å². The van der Waals surface area contributed by atoms with Crippen LogP contribution in [0, 0.1) is 5.82 Å². The van der Waals surface area contributed by atoms with E-state index < -0.39 is 26.8 Å². The highest BCUT2D eigenvalue weighted by molar-refractivity contribution is 7.86. The highest BCUT2D eigenvalue weighted by Crippen LogP contribution is 2.33. The standard InChI is InChI=1S/C22H20FN3O6S/c23-14-4-5-15-17(12-14)32-24-20(15)13-6-8-25(9-7-13)10-11-26-21(27)16-2-1-3-18(33(29,30)31)19(16)22(26)28/h1-5,12-13H,6-11H2,(H,29,30,31). The average molecular weight is 473 g/mol. The molecular formula is C22H20FN3O6S. The molecule has 3 aromatic rings. The number of halogens is 1. The van der Waals surface area contributed by atoms with E-state index in [1.165, 1.54) is 24.3 Å². The van der Waals surface area contributed by atoms with Crippen LogP contribution in [0.2, 0.25) is 0 Å². The number of benzene rings is 2. The largest absolute Gasteiger partial charge is 0.356 e. The lowest BCUT2D eigenvalue weighted by Gasteiger charge is -2.32. The highest BCUT2D eigenvalue weighted by Gasteiger charge is 2.39. The van der Waals surface area contributed by atoms with Crippen molar-refractivity contribution in [2.45, 2.75) is 23.7 Å². The van der Waals surface area contributed by atoms with Crippen LogP contribution in [-0.2, 0) is 10.1 Å². The lowest BCUT2D eigenvalue weighted by Crippen LogP contribution is -2.41. The van der Waals surface area contributed by atoms with Gasteiger partial charge in [-0.25, -0.2) is 4.39 Å². The summed E-state index contributed by atoms with van der Waals surface area (Å²) < 4.78 is 51.3. The van der Waals surface area contributed by atoms with Crippen molar-refractivity contribution >= 4 is 32.9 Å². The fourth-order valence-electron chi connectivity index (χ4n) is 4.62. The molecule has 1 fully saturated rings. The molecule has 0 saturated carbocycles. The van der Waals surface area contributed by atoms with Crippen molar-refractivity contribution < 1.29 is 31.5 Å². The summed E-state index contributed by atoms with van der Waals surface area (Å²) >= 11 is 0. The number of rotatable bonds is 5. The normalized spacial score (nSPS) is 17.8. The number of fused-ring (bicyclic) bond motifs is 2. The summed E-state index contributed by atoms with van der Waals surface area (Å²) in [7, 11) is -4.63. The van der Waals surface area contributed by atoms with Crippen molar-refractivity contribution in [2.24, 2.45) is 0 Å². The summed E-state index contributed by atoms with van der Waals surface area (Å²) in [4.78, 5) is 28.0. The molecule has 0 radical (unpaired) electrons. The van der Waals surface area contributed by atoms with E-state index in [-0.39, 0.29) is 29.4 Å². The Balaban J connectivity index is 1.23. The number of carbonyl (C=O) groups is 2. The van der Waals surface area contributed by atoms with Crippen molar-refractivity contribution in [1.29, 1.82) is 0 Å². The fraction of sp³-hybridized carbons (Fsp3) is 0.318. The molecule has 2 amide bonds. The van der Waals surface area contributed by atoms with Crippen LogP contribution < -0.4 is 0 Å². The monoisotopic (exact) mass is 473 g/mol. The summed E-state index contributed by atoms with van der Waals surface area (Å²) in [6, 6.07) is 8.18. The van der Waals surface area contributed by atoms with E-state index in [2.05, 4.69) is 10.1 Å². The zero-order chi connectivity index (χ0) is 23.3. The second kappa shape index (κ2) is 8.01. The Morgan fingerprint density at radius 1 is 1.09 bits per heavy atom. The Labute approximate surface area is 188 Å². The molecular weight excluding hydrogens is 453 g/mol. The van der Waals surface area contributed by atoms with Crippen LogP contribution in [0.1, 0.15) is 45.2 Å². The average Bonchev–Trinajstić information content (AvgIpc) is 3.31. The van der Waals surface area contributed by atoms with Gasteiger partial charge in [0.25, 0.3) is 21.9 Å². The molecule has 2 aliphatic heterocycles. The number of likely N-dealkylation sites (tertiary alicyclic amines) is 1. The summed E-state index contributed by atoms with van der Waals surface area (Å²) in [5, 5.41) is 4.94. The van der Waals surface area contributed by atoms with Gasteiger partial charge in [0.05, 0.1) is 16.8 Å². The van der Waals surface area contributed by atoms with E-state index in [0.29, 0.717) is 25.2 Å². The third kappa shape index (κ3) is 3.81. The Morgan fingerprint density at radius 3 is 2.58 bits per heavy atom. The first-order valence-corrected chi connectivity index (χ1v) is 11.9. The van der Waals surface area contributed by atoms with Crippen molar-refractivity contribution in [2.75, 3.05) is 26.2 Å². The number of hydrogen-bond donors (Lipinski definition) is 1. The second-order valence-corrected chi connectivity index (χ2v) is 9.63. The van der Waals surface area contributed by atoms with Gasteiger partial charge in [-0.1, -0.05) is 11.2 Å². The molecule has 0 spiro atoms. The Kier molecular flexibility index (Phi) is 5.26. The Hall–Kier alpha value is -3.15. The molecule has 5 rings (SSSR count). The van der Waals surface area contributed by atoms with Crippen LogP contribution in [0.3, 0.4) is 0 Å². The molecule has 0 aliphatic carbocycles. The van der Waals surface area contributed by atoms with E-state index in [4.69, 9.17) is 4.52 Å². The number of carbonyl (C=O) groups excluding carboxylic acids is 2. The maximum Gasteiger partial charge on any atom is 0.295 e. The Morgan fingerprint density at radius 2 is 1.85 bits per heavy atom. The quantitative estimate of drug-likeness (QED) is 0.444. The van der Waals surface area contributed by atoms with Crippen molar-refractivity contribution in [3.05, 3.63) is 59.0 Å². The molecule has 11 heteroatoms. The molecule has 33 heavy (non-hydrogen) atoms. The zero-order valence-corrected chi connectivity index (χ0v) is 18.2. The van der Waals surface area contributed by atoms with Crippen LogP contribution >= 0.6 is 0 Å².